The lowest BCUT2D eigenvalue weighted by molar-refractivity contribution is 0.317. The van der Waals surface area contributed by atoms with Crippen molar-refractivity contribution < 1.29 is 4.74 Å². The summed E-state index contributed by atoms with van der Waals surface area (Å²) in [5.74, 6) is 0.584. The molecule has 0 radical (unpaired) electrons. The van der Waals surface area contributed by atoms with Gasteiger partial charge in [-0.05, 0) is 36.2 Å². The van der Waals surface area contributed by atoms with Crippen LogP contribution in [0, 0.1) is 0 Å². The van der Waals surface area contributed by atoms with Crippen molar-refractivity contribution in [2.45, 2.75) is 13.5 Å². The second-order valence-electron chi connectivity index (χ2n) is 4.22. The number of halogens is 1. The Bertz CT molecular complexity index is 745. The molecule has 3 aromatic rings. The molecule has 3 aromatic heterocycles. The van der Waals surface area contributed by atoms with E-state index in [-0.39, 0.29) is 5.28 Å². The molecule has 0 spiro atoms. The lowest BCUT2D eigenvalue weighted by atomic mass is 10.3. The summed E-state index contributed by atoms with van der Waals surface area (Å²) in [6, 6.07) is 4.24. The average Bonchev–Trinajstić information content (AvgIpc) is 2.88. The number of hydrogen-bond donors (Lipinski definition) is 2. The number of rotatable bonds is 5. The van der Waals surface area contributed by atoms with Crippen molar-refractivity contribution in [3.63, 3.8) is 0 Å². The van der Waals surface area contributed by atoms with Crippen LogP contribution in [0.15, 0.2) is 24.5 Å². The van der Waals surface area contributed by atoms with Gasteiger partial charge in [-0.15, -0.1) is 0 Å². The minimum atomic E-state index is 0.134. The van der Waals surface area contributed by atoms with Crippen molar-refractivity contribution in [3.05, 3.63) is 35.4 Å². The van der Waals surface area contributed by atoms with Gasteiger partial charge in [-0.25, -0.2) is 0 Å². The lowest BCUT2D eigenvalue weighted by Crippen LogP contribution is -2.03. The fourth-order valence-corrected chi connectivity index (χ4v) is 2.03. The smallest absolute Gasteiger partial charge is 0.296 e. The van der Waals surface area contributed by atoms with E-state index in [1.54, 1.807) is 12.4 Å². The number of nitrogens with one attached hydrogen (secondary N) is 2. The van der Waals surface area contributed by atoms with Crippen LogP contribution in [0.1, 0.15) is 12.5 Å². The zero-order valence-corrected chi connectivity index (χ0v) is 12.1. The van der Waals surface area contributed by atoms with Gasteiger partial charge in [-0.1, -0.05) is 0 Å². The number of aromatic nitrogens is 5. The highest BCUT2D eigenvalue weighted by Gasteiger charge is 2.12. The minimum Gasteiger partial charge on any atom is -0.465 e. The first kappa shape index (κ1) is 13.6. The first-order valence-corrected chi connectivity index (χ1v) is 6.83. The molecule has 0 unspecified atom stereocenters. The number of H-pyrrole nitrogens is 1. The summed E-state index contributed by atoms with van der Waals surface area (Å²) in [5.41, 5.74) is 2.21. The summed E-state index contributed by atoms with van der Waals surface area (Å²) in [6.45, 7) is 2.99. The molecular formula is C13H13ClN6O. The monoisotopic (exact) mass is 304 g/mol. The van der Waals surface area contributed by atoms with Gasteiger partial charge < -0.3 is 15.0 Å². The van der Waals surface area contributed by atoms with Crippen molar-refractivity contribution in [1.82, 2.24) is 24.9 Å². The number of nitrogens with zero attached hydrogens (tertiary/aromatic N) is 4. The molecule has 0 aliphatic heterocycles. The van der Waals surface area contributed by atoms with Gasteiger partial charge in [0.15, 0.2) is 11.5 Å². The molecule has 7 nitrogen and oxygen atoms in total. The molecule has 3 heterocycles. The molecule has 3 rings (SSSR count). The van der Waals surface area contributed by atoms with Crippen LogP contribution in [-0.2, 0) is 6.54 Å². The van der Waals surface area contributed by atoms with Crippen molar-refractivity contribution in [2.24, 2.45) is 0 Å². The molecule has 0 aromatic carbocycles. The van der Waals surface area contributed by atoms with E-state index in [9.17, 15) is 0 Å². The highest BCUT2D eigenvalue weighted by atomic mass is 35.5. The maximum atomic E-state index is 5.92. The van der Waals surface area contributed by atoms with Gasteiger partial charge in [0.2, 0.25) is 5.28 Å². The van der Waals surface area contributed by atoms with Gasteiger partial charge in [0.1, 0.15) is 5.52 Å². The maximum absolute atomic E-state index is 5.92. The van der Waals surface area contributed by atoms with E-state index < -0.39 is 0 Å². The van der Waals surface area contributed by atoms with Crippen molar-refractivity contribution in [3.8, 4) is 6.01 Å². The maximum Gasteiger partial charge on any atom is 0.296 e. The molecular weight excluding hydrogens is 292 g/mol. The summed E-state index contributed by atoms with van der Waals surface area (Å²) >= 11 is 5.92. The highest BCUT2D eigenvalue weighted by Crippen LogP contribution is 2.23. The molecule has 108 valence electrons. The van der Waals surface area contributed by atoms with Crippen LogP contribution in [0.4, 0.5) is 5.82 Å². The Hall–Kier alpha value is -2.41. The second-order valence-corrected chi connectivity index (χ2v) is 4.56. The summed E-state index contributed by atoms with van der Waals surface area (Å²) in [4.78, 5) is 19.5. The lowest BCUT2D eigenvalue weighted by Gasteiger charge is -2.06. The molecule has 0 bridgehead atoms. The standard InChI is InChI=1S/C13H13ClN6O/c1-2-21-13-17-9-10(18-12(14)19-11(9)20-13)16-7-8-3-5-15-6-4-8/h3-6H,2,7H2,1H3,(H2,16,17,18,19,20). The predicted octanol–water partition coefficient (Wildman–Crippen LogP) is 2.41. The van der Waals surface area contributed by atoms with E-state index in [1.807, 2.05) is 19.1 Å². The Labute approximate surface area is 125 Å². The van der Waals surface area contributed by atoms with E-state index in [0.29, 0.717) is 36.1 Å². The van der Waals surface area contributed by atoms with Gasteiger partial charge in [-0.2, -0.15) is 15.0 Å². The Morgan fingerprint density at radius 1 is 1.24 bits per heavy atom. The summed E-state index contributed by atoms with van der Waals surface area (Å²) < 4.78 is 5.33. The van der Waals surface area contributed by atoms with E-state index in [2.05, 4.69) is 30.2 Å². The first-order chi connectivity index (χ1) is 10.3. The molecule has 0 atom stereocenters. The van der Waals surface area contributed by atoms with Crippen LogP contribution in [0.25, 0.3) is 11.2 Å². The van der Waals surface area contributed by atoms with Gasteiger partial charge >= 0.3 is 0 Å². The number of anilines is 1. The number of ether oxygens (including phenoxy) is 1. The number of fused-ring (bicyclic) bond motifs is 1. The molecule has 2 N–H and O–H groups in total. The molecule has 0 aliphatic carbocycles. The van der Waals surface area contributed by atoms with Crippen molar-refractivity contribution in [2.75, 3.05) is 11.9 Å². The Balaban J connectivity index is 1.89. The molecule has 0 saturated carbocycles. The zero-order valence-electron chi connectivity index (χ0n) is 11.3. The zero-order chi connectivity index (χ0) is 14.7. The largest absolute Gasteiger partial charge is 0.465 e. The summed E-state index contributed by atoms with van der Waals surface area (Å²) in [5, 5.41) is 3.34. The van der Waals surface area contributed by atoms with Crippen LogP contribution >= 0.6 is 11.6 Å². The Kier molecular flexibility index (Phi) is 3.83. The van der Waals surface area contributed by atoms with E-state index in [0.717, 1.165) is 5.56 Å². The number of hydrogen-bond acceptors (Lipinski definition) is 6. The van der Waals surface area contributed by atoms with Crippen LogP contribution in [0.3, 0.4) is 0 Å². The first-order valence-electron chi connectivity index (χ1n) is 6.45. The van der Waals surface area contributed by atoms with Crippen LogP contribution < -0.4 is 10.1 Å². The third-order valence-electron chi connectivity index (χ3n) is 2.79. The fraction of sp³-hybridized carbons (Fsp3) is 0.231. The predicted molar refractivity (Wildman–Crippen MR) is 79.4 cm³/mol. The third kappa shape index (κ3) is 3.03. The Morgan fingerprint density at radius 2 is 2.05 bits per heavy atom. The SMILES string of the molecule is CCOc1nc2nc(Cl)nc(NCc3ccncc3)c2[nH]1. The Morgan fingerprint density at radius 3 is 2.81 bits per heavy atom. The number of pyridine rings is 1. The van der Waals surface area contributed by atoms with E-state index >= 15 is 0 Å². The highest BCUT2D eigenvalue weighted by molar-refractivity contribution is 6.28. The van der Waals surface area contributed by atoms with Crippen molar-refractivity contribution >= 4 is 28.6 Å². The fourth-order valence-electron chi connectivity index (χ4n) is 1.87. The van der Waals surface area contributed by atoms with Gasteiger partial charge in [0.25, 0.3) is 6.01 Å². The minimum absolute atomic E-state index is 0.134. The average molecular weight is 305 g/mol. The topological polar surface area (TPSA) is 88.6 Å². The third-order valence-corrected chi connectivity index (χ3v) is 2.96. The molecule has 0 fully saturated rings. The van der Waals surface area contributed by atoms with Crippen LogP contribution in [-0.4, -0.2) is 31.5 Å². The quantitative estimate of drug-likeness (QED) is 0.704. The van der Waals surface area contributed by atoms with Crippen LogP contribution in [0.5, 0.6) is 6.01 Å². The summed E-state index contributed by atoms with van der Waals surface area (Å²) in [7, 11) is 0. The molecule has 21 heavy (non-hydrogen) atoms. The van der Waals surface area contributed by atoms with E-state index in [4.69, 9.17) is 16.3 Å². The van der Waals surface area contributed by atoms with Crippen LogP contribution in [0.2, 0.25) is 5.28 Å². The van der Waals surface area contributed by atoms with Gasteiger partial charge in [0.05, 0.1) is 6.61 Å². The van der Waals surface area contributed by atoms with Crippen molar-refractivity contribution in [1.29, 1.82) is 0 Å². The van der Waals surface area contributed by atoms with Gasteiger partial charge in [0, 0.05) is 18.9 Å². The summed E-state index contributed by atoms with van der Waals surface area (Å²) in [6.07, 6.45) is 3.48. The van der Waals surface area contributed by atoms with Gasteiger partial charge in [-0.3, -0.25) is 4.98 Å². The second kappa shape index (κ2) is 5.92. The molecule has 0 aliphatic rings. The number of imidazole rings is 1. The van der Waals surface area contributed by atoms with E-state index in [1.165, 1.54) is 0 Å². The normalized spacial score (nSPS) is 10.8. The molecule has 0 saturated heterocycles. The molecule has 0 amide bonds. The number of aromatic amines is 1. The molecule has 8 heteroatoms.